The van der Waals surface area contributed by atoms with Crippen molar-refractivity contribution < 1.29 is 31.5 Å². The summed E-state index contributed by atoms with van der Waals surface area (Å²) in [7, 11) is -1.98. The van der Waals surface area contributed by atoms with Gasteiger partial charge < -0.3 is 9.47 Å². The number of halogens is 2. The maximum atomic E-state index is 14.3. The van der Waals surface area contributed by atoms with Crippen molar-refractivity contribution in [3.63, 3.8) is 0 Å². The first kappa shape index (κ1) is 23.5. The number of fused-ring (bicyclic) bond motifs is 1. The molecule has 0 fully saturated rings. The standard InChI is InChI=1S/C22H24F2N2O5S/c1-22(2,3)31-21(27)26-16(12-18-19(24)10-14(23)11-20(18)26)13-30-17-8-6-15(7-9-17)25(4)32(5,28)29/h6-12H,13H2,1-5H3. The number of ether oxygens (including phenoxy) is 2. The predicted molar refractivity (Wildman–Crippen MR) is 118 cm³/mol. The maximum Gasteiger partial charge on any atom is 0.419 e. The minimum absolute atomic E-state index is 0.0282. The van der Waals surface area contributed by atoms with Crippen LogP contribution in [0, 0.1) is 11.6 Å². The largest absolute Gasteiger partial charge is 0.487 e. The van der Waals surface area contributed by atoms with Crippen molar-refractivity contribution in [1.29, 1.82) is 0 Å². The molecule has 10 heteroatoms. The first-order chi connectivity index (χ1) is 14.8. The third kappa shape index (κ3) is 5.18. The molecule has 0 N–H and O–H groups in total. The smallest absolute Gasteiger partial charge is 0.419 e. The van der Waals surface area contributed by atoms with Gasteiger partial charge in [-0.3, -0.25) is 4.31 Å². The fourth-order valence-electron chi connectivity index (χ4n) is 3.02. The number of nitrogens with zero attached hydrogens (tertiary/aromatic N) is 2. The Morgan fingerprint density at radius 2 is 1.72 bits per heavy atom. The van der Waals surface area contributed by atoms with Gasteiger partial charge in [0.1, 0.15) is 29.6 Å². The molecule has 0 saturated carbocycles. The number of benzene rings is 2. The van der Waals surface area contributed by atoms with Crippen LogP contribution in [0.25, 0.3) is 10.9 Å². The SMILES string of the molecule is CN(c1ccc(OCc2cc3c(F)cc(F)cc3n2C(=O)OC(C)(C)C)cc1)S(C)(=O)=O. The van der Waals surface area contributed by atoms with Crippen LogP contribution < -0.4 is 9.04 Å². The molecule has 172 valence electrons. The molecule has 0 aliphatic carbocycles. The van der Waals surface area contributed by atoms with Gasteiger partial charge in [-0.1, -0.05) is 0 Å². The molecule has 32 heavy (non-hydrogen) atoms. The minimum Gasteiger partial charge on any atom is -0.487 e. The molecule has 0 radical (unpaired) electrons. The molecule has 0 saturated heterocycles. The van der Waals surface area contributed by atoms with Gasteiger partial charge in [-0.15, -0.1) is 0 Å². The van der Waals surface area contributed by atoms with Crippen LogP contribution in [-0.2, 0) is 21.4 Å². The number of hydrogen-bond donors (Lipinski definition) is 0. The predicted octanol–water partition coefficient (Wildman–Crippen LogP) is 4.68. The fourth-order valence-corrected chi connectivity index (χ4v) is 3.52. The average molecular weight is 467 g/mol. The molecule has 0 bridgehead atoms. The van der Waals surface area contributed by atoms with E-state index in [1.54, 1.807) is 45.0 Å². The monoisotopic (exact) mass is 466 g/mol. The van der Waals surface area contributed by atoms with Gasteiger partial charge in [0.15, 0.2) is 0 Å². The molecule has 0 spiro atoms. The summed E-state index contributed by atoms with van der Waals surface area (Å²) in [5, 5.41) is 0.0565. The Bertz CT molecular complexity index is 1260. The quantitative estimate of drug-likeness (QED) is 0.546. The molecule has 0 aliphatic heterocycles. The highest BCUT2D eigenvalue weighted by atomic mass is 32.2. The second-order valence-corrected chi connectivity index (χ2v) is 10.3. The van der Waals surface area contributed by atoms with Crippen molar-refractivity contribution in [2.24, 2.45) is 0 Å². The Labute approximate surface area is 185 Å². The normalized spacial score (nSPS) is 12.1. The summed E-state index contributed by atoms with van der Waals surface area (Å²) in [5.74, 6) is -1.24. The summed E-state index contributed by atoms with van der Waals surface area (Å²) in [6, 6.07) is 9.46. The zero-order valence-corrected chi connectivity index (χ0v) is 19.2. The zero-order chi connectivity index (χ0) is 23.8. The van der Waals surface area contributed by atoms with Crippen molar-refractivity contribution in [3.8, 4) is 5.75 Å². The molecule has 1 aromatic heterocycles. The summed E-state index contributed by atoms with van der Waals surface area (Å²) < 4.78 is 64.8. The topological polar surface area (TPSA) is 77.8 Å². The van der Waals surface area contributed by atoms with Gasteiger partial charge >= 0.3 is 6.09 Å². The lowest BCUT2D eigenvalue weighted by atomic mass is 10.2. The van der Waals surface area contributed by atoms with E-state index in [9.17, 15) is 22.0 Å². The van der Waals surface area contributed by atoms with Gasteiger partial charge in [-0.05, 0) is 57.2 Å². The van der Waals surface area contributed by atoms with E-state index in [4.69, 9.17) is 9.47 Å². The van der Waals surface area contributed by atoms with Gasteiger partial charge in [-0.2, -0.15) is 0 Å². The van der Waals surface area contributed by atoms with Crippen LogP contribution in [0.5, 0.6) is 5.75 Å². The molecule has 1 heterocycles. The Hall–Kier alpha value is -3.14. The van der Waals surface area contributed by atoms with Crippen molar-refractivity contribution in [3.05, 3.63) is 59.8 Å². The summed E-state index contributed by atoms with van der Waals surface area (Å²) in [6.45, 7) is 4.91. The molecule has 2 aromatic carbocycles. The third-order valence-electron chi connectivity index (χ3n) is 4.57. The lowest BCUT2D eigenvalue weighted by Gasteiger charge is -2.21. The highest BCUT2D eigenvalue weighted by molar-refractivity contribution is 7.92. The van der Waals surface area contributed by atoms with E-state index in [-0.39, 0.29) is 23.2 Å². The van der Waals surface area contributed by atoms with E-state index in [1.165, 1.54) is 13.1 Å². The third-order valence-corrected chi connectivity index (χ3v) is 5.78. The maximum absolute atomic E-state index is 14.3. The first-order valence-corrected chi connectivity index (χ1v) is 11.5. The molecule has 7 nitrogen and oxygen atoms in total. The number of rotatable bonds is 5. The van der Waals surface area contributed by atoms with Crippen LogP contribution >= 0.6 is 0 Å². The Kier molecular flexibility index (Phi) is 6.19. The van der Waals surface area contributed by atoms with E-state index in [2.05, 4.69) is 0 Å². The number of aromatic nitrogens is 1. The molecular weight excluding hydrogens is 442 g/mol. The second-order valence-electron chi connectivity index (χ2n) is 8.28. The number of carbonyl (C=O) groups excluding carboxylic acids is 1. The van der Waals surface area contributed by atoms with Gasteiger partial charge in [0, 0.05) is 18.5 Å². The molecule has 0 aliphatic rings. The van der Waals surface area contributed by atoms with Crippen LogP contribution in [0.1, 0.15) is 26.5 Å². The number of anilines is 1. The molecular formula is C22H24F2N2O5S. The van der Waals surface area contributed by atoms with E-state index in [0.717, 1.165) is 27.3 Å². The van der Waals surface area contributed by atoms with E-state index < -0.39 is 33.4 Å². The highest BCUT2D eigenvalue weighted by Gasteiger charge is 2.24. The number of sulfonamides is 1. The average Bonchev–Trinajstić information content (AvgIpc) is 3.03. The Morgan fingerprint density at radius 1 is 1.09 bits per heavy atom. The van der Waals surface area contributed by atoms with Crippen molar-refractivity contribution >= 4 is 32.7 Å². The molecule has 0 unspecified atom stereocenters. The highest BCUT2D eigenvalue weighted by Crippen LogP contribution is 2.27. The number of hydrogen-bond acceptors (Lipinski definition) is 5. The van der Waals surface area contributed by atoms with Crippen LogP contribution in [-0.4, -0.2) is 38.0 Å². The van der Waals surface area contributed by atoms with Crippen LogP contribution in [0.2, 0.25) is 0 Å². The molecule has 3 rings (SSSR count). The summed E-state index contributed by atoms with van der Waals surface area (Å²) in [4.78, 5) is 12.8. The molecule has 0 atom stereocenters. The fraction of sp³-hybridized carbons (Fsp3) is 0.318. The van der Waals surface area contributed by atoms with E-state index in [1.807, 2.05) is 0 Å². The van der Waals surface area contributed by atoms with E-state index >= 15 is 0 Å². The van der Waals surface area contributed by atoms with Gasteiger partial charge in [0.05, 0.1) is 23.2 Å². The van der Waals surface area contributed by atoms with E-state index in [0.29, 0.717) is 11.4 Å². The Morgan fingerprint density at radius 3 is 2.28 bits per heavy atom. The summed E-state index contributed by atoms with van der Waals surface area (Å²) in [5.41, 5.74) is -0.0871. The van der Waals surface area contributed by atoms with Crippen LogP contribution in [0.4, 0.5) is 19.3 Å². The van der Waals surface area contributed by atoms with Crippen LogP contribution in [0.3, 0.4) is 0 Å². The van der Waals surface area contributed by atoms with Crippen LogP contribution in [0.15, 0.2) is 42.5 Å². The Balaban J connectivity index is 1.92. The van der Waals surface area contributed by atoms with Gasteiger partial charge in [0.2, 0.25) is 10.0 Å². The lowest BCUT2D eigenvalue weighted by molar-refractivity contribution is 0.0535. The lowest BCUT2D eigenvalue weighted by Crippen LogP contribution is -2.28. The first-order valence-electron chi connectivity index (χ1n) is 9.66. The second kappa shape index (κ2) is 8.42. The minimum atomic E-state index is -3.41. The molecule has 3 aromatic rings. The van der Waals surface area contributed by atoms with Crippen molar-refractivity contribution in [2.45, 2.75) is 33.0 Å². The van der Waals surface area contributed by atoms with Gasteiger partial charge in [0.25, 0.3) is 0 Å². The van der Waals surface area contributed by atoms with Crippen molar-refractivity contribution in [2.75, 3.05) is 17.6 Å². The summed E-state index contributed by atoms with van der Waals surface area (Å²) in [6.07, 6.45) is 0.302. The molecule has 0 amide bonds. The summed E-state index contributed by atoms with van der Waals surface area (Å²) >= 11 is 0. The van der Waals surface area contributed by atoms with Gasteiger partial charge in [-0.25, -0.2) is 26.6 Å². The zero-order valence-electron chi connectivity index (χ0n) is 18.3. The van der Waals surface area contributed by atoms with Crippen molar-refractivity contribution in [1.82, 2.24) is 4.57 Å². The number of carbonyl (C=O) groups is 1.